The van der Waals surface area contributed by atoms with Gasteiger partial charge >= 0.3 is 0 Å². The number of amides is 1. The zero-order chi connectivity index (χ0) is 26.0. The van der Waals surface area contributed by atoms with E-state index in [0.29, 0.717) is 42.5 Å². The fourth-order valence-corrected chi connectivity index (χ4v) is 6.32. The Hall–Kier alpha value is -3.27. The maximum absolute atomic E-state index is 13.6. The van der Waals surface area contributed by atoms with Crippen molar-refractivity contribution in [2.45, 2.75) is 18.4 Å². The molecular formula is C27H28ClN3O5S. The maximum Gasteiger partial charge on any atom is 0.264 e. The monoisotopic (exact) mass is 541 g/mol. The average molecular weight is 542 g/mol. The molecule has 2 aliphatic heterocycles. The molecule has 0 N–H and O–H groups in total. The molecule has 37 heavy (non-hydrogen) atoms. The summed E-state index contributed by atoms with van der Waals surface area (Å²) in [6.45, 7) is 4.88. The fourth-order valence-electron chi connectivity index (χ4n) is 4.59. The molecule has 0 unspecified atom stereocenters. The van der Waals surface area contributed by atoms with Crippen molar-refractivity contribution in [2.75, 3.05) is 43.8 Å². The summed E-state index contributed by atoms with van der Waals surface area (Å²) in [5.74, 6) is 1.27. The molecule has 0 aromatic heterocycles. The Morgan fingerprint density at radius 2 is 1.68 bits per heavy atom. The Bertz CT molecular complexity index is 1390. The molecule has 0 saturated carbocycles. The predicted molar refractivity (Wildman–Crippen MR) is 142 cm³/mol. The van der Waals surface area contributed by atoms with Gasteiger partial charge in [0, 0.05) is 37.7 Å². The number of halogens is 1. The van der Waals surface area contributed by atoms with Crippen LogP contribution in [0.25, 0.3) is 0 Å². The fraction of sp³-hybridized carbons (Fsp3) is 0.296. The maximum atomic E-state index is 13.6. The van der Waals surface area contributed by atoms with Crippen molar-refractivity contribution in [1.29, 1.82) is 0 Å². The lowest BCUT2D eigenvalue weighted by Crippen LogP contribution is -2.51. The number of aryl methyl sites for hydroxylation is 1. The largest absolute Gasteiger partial charge is 0.454 e. The van der Waals surface area contributed by atoms with E-state index < -0.39 is 10.0 Å². The van der Waals surface area contributed by atoms with Gasteiger partial charge in [0.05, 0.1) is 10.6 Å². The van der Waals surface area contributed by atoms with Gasteiger partial charge in [-0.05, 0) is 60.5 Å². The van der Waals surface area contributed by atoms with E-state index in [-0.39, 0.29) is 24.1 Å². The highest BCUT2D eigenvalue weighted by Crippen LogP contribution is 2.33. The first-order chi connectivity index (χ1) is 17.8. The van der Waals surface area contributed by atoms with Gasteiger partial charge in [-0.3, -0.25) is 14.0 Å². The van der Waals surface area contributed by atoms with Crippen molar-refractivity contribution in [3.8, 4) is 11.5 Å². The molecule has 10 heteroatoms. The van der Waals surface area contributed by atoms with Crippen molar-refractivity contribution < 1.29 is 22.7 Å². The zero-order valence-electron chi connectivity index (χ0n) is 20.5. The molecule has 0 bridgehead atoms. The number of fused-ring (bicyclic) bond motifs is 1. The molecule has 2 heterocycles. The lowest BCUT2D eigenvalue weighted by molar-refractivity contribution is -0.131. The lowest BCUT2D eigenvalue weighted by atomic mass is 10.1. The van der Waals surface area contributed by atoms with E-state index in [1.54, 1.807) is 48.2 Å². The van der Waals surface area contributed by atoms with Crippen LogP contribution in [0.3, 0.4) is 0 Å². The topological polar surface area (TPSA) is 79.4 Å². The highest BCUT2D eigenvalue weighted by molar-refractivity contribution is 7.92. The first-order valence-electron chi connectivity index (χ1n) is 12.0. The highest BCUT2D eigenvalue weighted by Gasteiger charge is 2.31. The molecule has 2 aliphatic rings. The van der Waals surface area contributed by atoms with Crippen molar-refractivity contribution in [3.05, 3.63) is 82.9 Å². The van der Waals surface area contributed by atoms with Crippen molar-refractivity contribution in [2.24, 2.45) is 0 Å². The minimum atomic E-state index is -3.97. The molecule has 3 aromatic rings. The highest BCUT2D eigenvalue weighted by atomic mass is 35.5. The van der Waals surface area contributed by atoms with E-state index in [0.717, 1.165) is 23.6 Å². The van der Waals surface area contributed by atoms with Gasteiger partial charge in [0.15, 0.2) is 11.5 Å². The number of carbonyl (C=O) groups is 1. The Kier molecular flexibility index (Phi) is 7.28. The quantitative estimate of drug-likeness (QED) is 0.451. The van der Waals surface area contributed by atoms with Crippen LogP contribution in [0, 0.1) is 6.92 Å². The van der Waals surface area contributed by atoms with Gasteiger partial charge in [0.25, 0.3) is 10.0 Å². The van der Waals surface area contributed by atoms with Crippen LogP contribution in [0.2, 0.25) is 5.02 Å². The van der Waals surface area contributed by atoms with Crippen molar-refractivity contribution in [1.82, 2.24) is 9.80 Å². The summed E-state index contributed by atoms with van der Waals surface area (Å²) < 4.78 is 39.3. The van der Waals surface area contributed by atoms with Gasteiger partial charge in [-0.1, -0.05) is 35.9 Å². The molecular weight excluding hydrogens is 514 g/mol. The number of anilines is 1. The number of sulfonamides is 1. The molecule has 1 saturated heterocycles. The Morgan fingerprint density at radius 3 is 2.41 bits per heavy atom. The number of hydrogen-bond acceptors (Lipinski definition) is 6. The Balaban J connectivity index is 1.28. The van der Waals surface area contributed by atoms with Gasteiger partial charge < -0.3 is 14.4 Å². The van der Waals surface area contributed by atoms with Crippen molar-refractivity contribution in [3.63, 3.8) is 0 Å². The lowest BCUT2D eigenvalue weighted by Gasteiger charge is -2.36. The van der Waals surface area contributed by atoms with Gasteiger partial charge in [-0.25, -0.2) is 8.42 Å². The SMILES string of the molecule is Cc1cc(Cl)ccc1N(CC(=O)N1CCN(Cc2ccc3c(c2)OCO3)CC1)S(=O)(=O)c1ccccc1. The number of hydrogen-bond donors (Lipinski definition) is 0. The molecule has 8 nitrogen and oxygen atoms in total. The summed E-state index contributed by atoms with van der Waals surface area (Å²) in [7, 11) is -3.97. The molecule has 0 radical (unpaired) electrons. The van der Waals surface area contributed by atoms with E-state index in [9.17, 15) is 13.2 Å². The molecule has 0 aliphatic carbocycles. The van der Waals surface area contributed by atoms with Crippen LogP contribution in [-0.4, -0.2) is 63.6 Å². The van der Waals surface area contributed by atoms with E-state index in [1.165, 1.54) is 16.4 Å². The van der Waals surface area contributed by atoms with Crippen LogP contribution in [0.5, 0.6) is 11.5 Å². The van der Waals surface area contributed by atoms with Crippen LogP contribution in [0.15, 0.2) is 71.6 Å². The first-order valence-corrected chi connectivity index (χ1v) is 13.9. The second-order valence-electron chi connectivity index (χ2n) is 9.10. The van der Waals surface area contributed by atoms with Gasteiger partial charge in [-0.2, -0.15) is 0 Å². The first kappa shape index (κ1) is 25.4. The normalized spacial score (nSPS) is 15.6. The second-order valence-corrected chi connectivity index (χ2v) is 11.4. The standard InChI is InChI=1S/C27H28ClN3O5S/c1-20-15-22(28)8-9-24(20)31(37(33,34)23-5-3-2-4-6-23)18-27(32)30-13-11-29(12-14-30)17-21-7-10-25-26(16-21)36-19-35-25/h2-10,15-16H,11-14,17-19H2,1H3. The smallest absolute Gasteiger partial charge is 0.264 e. The summed E-state index contributed by atoms with van der Waals surface area (Å²) in [6.07, 6.45) is 0. The average Bonchev–Trinajstić information content (AvgIpc) is 3.36. The molecule has 0 atom stereocenters. The number of piperazine rings is 1. The number of ether oxygens (including phenoxy) is 2. The van der Waals surface area contributed by atoms with Crippen LogP contribution >= 0.6 is 11.6 Å². The minimum absolute atomic E-state index is 0.130. The summed E-state index contributed by atoms with van der Waals surface area (Å²) in [4.78, 5) is 17.5. The third-order valence-corrected chi connectivity index (χ3v) is 8.61. The van der Waals surface area contributed by atoms with Crippen LogP contribution in [-0.2, 0) is 21.4 Å². The van der Waals surface area contributed by atoms with Crippen LogP contribution in [0.1, 0.15) is 11.1 Å². The van der Waals surface area contributed by atoms with E-state index in [2.05, 4.69) is 4.90 Å². The third-order valence-electron chi connectivity index (χ3n) is 6.61. The van der Waals surface area contributed by atoms with Crippen LogP contribution < -0.4 is 13.8 Å². The van der Waals surface area contributed by atoms with E-state index in [4.69, 9.17) is 21.1 Å². The number of carbonyl (C=O) groups excluding carboxylic acids is 1. The number of benzene rings is 3. The third kappa shape index (κ3) is 5.53. The van der Waals surface area contributed by atoms with Gasteiger partial charge in [0.2, 0.25) is 12.7 Å². The molecule has 194 valence electrons. The molecule has 1 fully saturated rings. The Morgan fingerprint density at radius 1 is 0.946 bits per heavy atom. The molecule has 1 amide bonds. The van der Waals surface area contributed by atoms with Gasteiger partial charge in [-0.15, -0.1) is 0 Å². The zero-order valence-corrected chi connectivity index (χ0v) is 22.0. The number of nitrogens with zero attached hydrogens (tertiary/aromatic N) is 3. The second kappa shape index (κ2) is 10.6. The number of rotatable bonds is 7. The van der Waals surface area contributed by atoms with Gasteiger partial charge in [0.1, 0.15) is 6.54 Å². The predicted octanol–water partition coefficient (Wildman–Crippen LogP) is 3.92. The summed E-state index contributed by atoms with van der Waals surface area (Å²) >= 11 is 6.12. The van der Waals surface area contributed by atoms with Crippen LogP contribution in [0.4, 0.5) is 5.69 Å². The van der Waals surface area contributed by atoms with Crippen molar-refractivity contribution >= 4 is 33.2 Å². The minimum Gasteiger partial charge on any atom is -0.454 e. The molecule has 5 rings (SSSR count). The summed E-state index contributed by atoms with van der Waals surface area (Å²) in [6, 6.07) is 19.1. The van der Waals surface area contributed by atoms with E-state index >= 15 is 0 Å². The van der Waals surface area contributed by atoms with E-state index in [1.807, 2.05) is 18.2 Å². The molecule has 0 spiro atoms. The summed E-state index contributed by atoms with van der Waals surface area (Å²) in [5, 5.41) is 0.503. The summed E-state index contributed by atoms with van der Waals surface area (Å²) in [5.41, 5.74) is 2.22. The molecule has 3 aromatic carbocycles. The Labute approximate surface area is 222 Å².